The first-order chi connectivity index (χ1) is 3.70. The van der Waals surface area contributed by atoms with E-state index in [1.54, 1.807) is 0 Å². The maximum atomic E-state index is 10.3. The van der Waals surface area contributed by atoms with Gasteiger partial charge in [-0.3, -0.25) is 14.9 Å². The molecular weight excluding hydrogens is 162 g/mol. The van der Waals surface area contributed by atoms with Crippen molar-refractivity contribution >= 4 is 35.3 Å². The van der Waals surface area contributed by atoms with Crippen LogP contribution in [0.3, 0.4) is 0 Å². The van der Waals surface area contributed by atoms with Gasteiger partial charge in [-0.15, -0.1) is 12.4 Å². The number of thioether (sulfide) groups is 1. The zero-order chi connectivity index (χ0) is 6.15. The molecule has 0 atom stereocenters. The summed E-state index contributed by atoms with van der Waals surface area (Å²) in [5, 5.41) is 1.72. The van der Waals surface area contributed by atoms with E-state index in [1.165, 1.54) is 0 Å². The molecular formula is C4H4ClNO2S. The highest BCUT2D eigenvalue weighted by atomic mass is 35.5. The van der Waals surface area contributed by atoms with E-state index in [0.29, 0.717) is 0 Å². The summed E-state index contributed by atoms with van der Waals surface area (Å²) < 4.78 is 0. The Bertz CT molecular complexity index is 161. The third kappa shape index (κ3) is 1.73. The normalized spacial score (nSPS) is 17.1. The molecule has 2 amide bonds. The average molecular weight is 166 g/mol. The zero-order valence-electron chi connectivity index (χ0n) is 4.34. The Balaban J connectivity index is 0.000000640. The summed E-state index contributed by atoms with van der Waals surface area (Å²) >= 11 is 0.834. The Morgan fingerprint density at radius 1 is 1.44 bits per heavy atom. The summed E-state index contributed by atoms with van der Waals surface area (Å²) in [6, 6.07) is 0. The minimum absolute atomic E-state index is 0. The molecule has 5 heteroatoms. The number of carbonyl (C=O) groups is 2. The average Bonchev–Trinajstić information content (AvgIpc) is 1.85. The number of halogens is 1. The summed E-state index contributed by atoms with van der Waals surface area (Å²) in [4.78, 5) is 20.8. The lowest BCUT2D eigenvalue weighted by Gasteiger charge is -1.78. The topological polar surface area (TPSA) is 46.2 Å². The predicted octanol–water partition coefficient (Wildman–Crippen LogP) is 0.905. The molecule has 0 spiro atoms. The Morgan fingerprint density at radius 3 is 2.11 bits per heavy atom. The van der Waals surface area contributed by atoms with E-state index in [4.69, 9.17) is 0 Å². The molecule has 1 fully saturated rings. The summed E-state index contributed by atoms with van der Waals surface area (Å²) in [5.74, 6) is -0.375. The smallest absolute Gasteiger partial charge is 0.282 e. The van der Waals surface area contributed by atoms with E-state index in [0.717, 1.165) is 11.8 Å². The molecule has 1 aliphatic heterocycles. The number of nitrogens with one attached hydrogen (secondary N) is 1. The Morgan fingerprint density at radius 2 is 2.00 bits per heavy atom. The van der Waals surface area contributed by atoms with Crippen LogP contribution in [0.5, 0.6) is 0 Å². The zero-order valence-corrected chi connectivity index (χ0v) is 5.97. The number of carbonyl (C=O) groups excluding carboxylic acids is 2. The van der Waals surface area contributed by atoms with Gasteiger partial charge < -0.3 is 0 Å². The van der Waals surface area contributed by atoms with Gasteiger partial charge in [-0.1, -0.05) is 6.58 Å². The van der Waals surface area contributed by atoms with E-state index < -0.39 is 0 Å². The first kappa shape index (κ1) is 8.52. The molecule has 50 valence electrons. The van der Waals surface area contributed by atoms with Crippen LogP contribution in [0.1, 0.15) is 0 Å². The minimum Gasteiger partial charge on any atom is -0.282 e. The number of hydrogen-bond donors (Lipinski definition) is 1. The van der Waals surface area contributed by atoms with Crippen molar-refractivity contribution in [3.63, 3.8) is 0 Å². The van der Waals surface area contributed by atoms with Crippen molar-refractivity contribution in [2.75, 3.05) is 0 Å². The Kier molecular flexibility index (Phi) is 2.73. The molecule has 1 rings (SSSR count). The van der Waals surface area contributed by atoms with Crippen molar-refractivity contribution in [2.45, 2.75) is 0 Å². The quantitative estimate of drug-likeness (QED) is 0.543. The minimum atomic E-state index is -0.375. The van der Waals surface area contributed by atoms with Crippen LogP contribution in [-0.2, 0) is 4.79 Å². The van der Waals surface area contributed by atoms with Crippen LogP contribution in [0.4, 0.5) is 4.79 Å². The molecule has 0 aliphatic carbocycles. The maximum Gasteiger partial charge on any atom is 0.290 e. The van der Waals surface area contributed by atoms with E-state index in [2.05, 4.69) is 11.9 Å². The van der Waals surface area contributed by atoms with E-state index in [1.807, 2.05) is 0 Å². The lowest BCUT2D eigenvalue weighted by molar-refractivity contribution is -0.115. The maximum absolute atomic E-state index is 10.3. The second kappa shape index (κ2) is 2.89. The fourth-order valence-electron chi connectivity index (χ4n) is 0.346. The molecule has 0 saturated carbocycles. The number of amides is 2. The standard InChI is InChI=1S/C4H3NO2S.ClH/c1-2-3(6)5-4(7)8-2;/h1H2,(H,5,6,7);1H. The van der Waals surface area contributed by atoms with Crippen molar-refractivity contribution in [1.82, 2.24) is 5.32 Å². The predicted molar refractivity (Wildman–Crippen MR) is 37.5 cm³/mol. The van der Waals surface area contributed by atoms with Gasteiger partial charge in [0.05, 0.1) is 4.91 Å². The molecule has 0 unspecified atom stereocenters. The molecule has 3 nitrogen and oxygen atoms in total. The highest BCUT2D eigenvalue weighted by Gasteiger charge is 2.22. The molecule has 0 aromatic carbocycles. The van der Waals surface area contributed by atoms with Crippen LogP contribution in [0, 0.1) is 0 Å². The molecule has 0 radical (unpaired) electrons. The van der Waals surface area contributed by atoms with E-state index in [9.17, 15) is 9.59 Å². The SMILES string of the molecule is C=C1SC(=O)NC1=O.Cl. The van der Waals surface area contributed by atoms with Crippen LogP contribution in [0.25, 0.3) is 0 Å². The van der Waals surface area contributed by atoms with Gasteiger partial charge >= 0.3 is 0 Å². The van der Waals surface area contributed by atoms with Gasteiger partial charge in [0.25, 0.3) is 11.1 Å². The van der Waals surface area contributed by atoms with Crippen LogP contribution in [0.15, 0.2) is 11.5 Å². The molecule has 1 saturated heterocycles. The van der Waals surface area contributed by atoms with Gasteiger partial charge in [-0.05, 0) is 11.8 Å². The van der Waals surface area contributed by atoms with Gasteiger partial charge in [0, 0.05) is 0 Å². The van der Waals surface area contributed by atoms with Crippen LogP contribution in [0.2, 0.25) is 0 Å². The van der Waals surface area contributed by atoms with Crippen molar-refractivity contribution < 1.29 is 9.59 Å². The van der Waals surface area contributed by atoms with Gasteiger partial charge in [-0.2, -0.15) is 0 Å². The molecule has 0 aromatic heterocycles. The summed E-state index contributed by atoms with van der Waals surface area (Å²) in [6.45, 7) is 3.32. The lowest BCUT2D eigenvalue weighted by atomic mass is 10.6. The first-order valence-electron chi connectivity index (χ1n) is 1.92. The van der Waals surface area contributed by atoms with E-state index in [-0.39, 0.29) is 28.5 Å². The first-order valence-corrected chi connectivity index (χ1v) is 2.74. The molecule has 1 N–H and O–H groups in total. The summed E-state index contributed by atoms with van der Waals surface area (Å²) in [7, 11) is 0. The molecule has 0 bridgehead atoms. The van der Waals surface area contributed by atoms with Gasteiger partial charge in [0.1, 0.15) is 0 Å². The third-order valence-corrected chi connectivity index (χ3v) is 1.40. The van der Waals surface area contributed by atoms with Crippen molar-refractivity contribution in [1.29, 1.82) is 0 Å². The Hall–Kier alpha value is -0.480. The van der Waals surface area contributed by atoms with Crippen molar-refractivity contribution in [2.24, 2.45) is 0 Å². The van der Waals surface area contributed by atoms with Crippen molar-refractivity contribution in [3.05, 3.63) is 11.5 Å². The van der Waals surface area contributed by atoms with Gasteiger partial charge in [0.2, 0.25) is 0 Å². The van der Waals surface area contributed by atoms with Crippen LogP contribution < -0.4 is 5.32 Å². The summed E-state index contributed by atoms with van der Waals surface area (Å²) in [6.07, 6.45) is 0. The molecule has 1 aliphatic rings. The number of hydrogen-bond acceptors (Lipinski definition) is 3. The fraction of sp³-hybridized carbons (Fsp3) is 0. The third-order valence-electron chi connectivity index (χ3n) is 0.685. The van der Waals surface area contributed by atoms with Gasteiger partial charge in [-0.25, -0.2) is 0 Å². The molecule has 9 heavy (non-hydrogen) atoms. The molecule has 1 heterocycles. The second-order valence-electron chi connectivity index (χ2n) is 1.27. The van der Waals surface area contributed by atoms with E-state index >= 15 is 0 Å². The lowest BCUT2D eigenvalue weighted by Crippen LogP contribution is -2.17. The van der Waals surface area contributed by atoms with Crippen molar-refractivity contribution in [3.8, 4) is 0 Å². The van der Waals surface area contributed by atoms with Crippen LogP contribution in [-0.4, -0.2) is 11.1 Å². The fourth-order valence-corrected chi connectivity index (χ4v) is 0.857. The van der Waals surface area contributed by atoms with Crippen LogP contribution >= 0.6 is 24.2 Å². The monoisotopic (exact) mass is 165 g/mol. The molecule has 0 aromatic rings. The second-order valence-corrected chi connectivity index (χ2v) is 2.33. The number of rotatable bonds is 0. The number of imide groups is 1. The largest absolute Gasteiger partial charge is 0.290 e. The van der Waals surface area contributed by atoms with Gasteiger partial charge in [0.15, 0.2) is 0 Å². The Labute approximate surface area is 62.3 Å². The highest BCUT2D eigenvalue weighted by Crippen LogP contribution is 2.19. The summed E-state index contributed by atoms with van der Waals surface area (Å²) in [5.41, 5.74) is 0. The highest BCUT2D eigenvalue weighted by molar-refractivity contribution is 8.18.